The molecule has 3 aliphatic heterocycles. The van der Waals surface area contributed by atoms with E-state index in [4.69, 9.17) is 16.3 Å². The molecule has 212 valence electrons. The van der Waals surface area contributed by atoms with Crippen LogP contribution in [0, 0.1) is 18.8 Å². The minimum Gasteiger partial charge on any atom is -0.481 e. The molecule has 3 aliphatic rings. The highest BCUT2D eigenvalue weighted by atomic mass is 35.5. The summed E-state index contributed by atoms with van der Waals surface area (Å²) in [5, 5.41) is 21.3. The third-order valence-corrected chi connectivity index (χ3v) is 9.38. The first-order chi connectivity index (χ1) is 19.2. The molecule has 0 aliphatic carbocycles. The third kappa shape index (κ3) is 4.16. The van der Waals surface area contributed by atoms with Gasteiger partial charge in [0.25, 0.3) is 5.91 Å². The zero-order valence-electron chi connectivity index (χ0n) is 22.8. The number of rotatable bonds is 10. The van der Waals surface area contributed by atoms with Crippen molar-refractivity contribution in [2.24, 2.45) is 11.8 Å². The molecule has 2 aromatic carbocycles. The van der Waals surface area contributed by atoms with E-state index in [-0.39, 0.29) is 6.54 Å². The lowest BCUT2D eigenvalue weighted by molar-refractivity contribution is -0.157. The molecule has 3 saturated heterocycles. The lowest BCUT2D eigenvalue weighted by atomic mass is 9.65. The standard InChI is InChI=1S/C31H35ClN2O6/c1-4-16-33(25-19(3)10-9-13-22(25)32)28(37)26-31-15-14-30(5-2,40-31)24(29(38)39)23(31)27(36)34(26)21(18-35)17-20-11-7-6-8-12-20/h4,6-13,21,23-24,26,35H,1,5,14-18H2,2-3H3,(H,38,39)/t21-,23+,24+,26?,30-,31?/m1/s1. The van der Waals surface area contributed by atoms with E-state index in [0.717, 1.165) is 11.1 Å². The largest absolute Gasteiger partial charge is 0.481 e. The summed E-state index contributed by atoms with van der Waals surface area (Å²) in [6.45, 7) is 7.26. The summed E-state index contributed by atoms with van der Waals surface area (Å²) in [6.07, 6.45) is 3.07. The highest BCUT2D eigenvalue weighted by Gasteiger charge is 2.79. The summed E-state index contributed by atoms with van der Waals surface area (Å²) in [6, 6.07) is 12.8. The maximum atomic E-state index is 14.8. The number of para-hydroxylation sites is 1. The number of carboxylic acids is 1. The van der Waals surface area contributed by atoms with Crippen LogP contribution in [0.1, 0.15) is 37.3 Å². The zero-order valence-corrected chi connectivity index (χ0v) is 23.5. The number of likely N-dealkylation sites (tertiary alicyclic amines) is 1. The number of nitrogens with zero attached hydrogens (tertiary/aromatic N) is 2. The molecule has 1 spiro atoms. The maximum absolute atomic E-state index is 14.8. The van der Waals surface area contributed by atoms with Gasteiger partial charge in [-0.25, -0.2) is 0 Å². The van der Waals surface area contributed by atoms with Gasteiger partial charge >= 0.3 is 5.97 Å². The summed E-state index contributed by atoms with van der Waals surface area (Å²) in [7, 11) is 0. The van der Waals surface area contributed by atoms with Crippen molar-refractivity contribution in [2.45, 2.75) is 62.8 Å². The number of carboxylic acid groups (broad SMARTS) is 1. The number of aryl methyl sites for hydroxylation is 1. The maximum Gasteiger partial charge on any atom is 0.310 e. The molecule has 6 atom stereocenters. The van der Waals surface area contributed by atoms with Crippen molar-refractivity contribution in [2.75, 3.05) is 18.1 Å². The summed E-state index contributed by atoms with van der Waals surface area (Å²) in [5.41, 5.74) is -0.233. The van der Waals surface area contributed by atoms with Gasteiger partial charge in [0.05, 0.1) is 34.9 Å². The van der Waals surface area contributed by atoms with Gasteiger partial charge in [-0.1, -0.05) is 67.1 Å². The number of anilines is 1. The molecule has 2 unspecified atom stereocenters. The molecule has 2 bridgehead atoms. The predicted molar refractivity (Wildman–Crippen MR) is 151 cm³/mol. The number of hydrogen-bond acceptors (Lipinski definition) is 5. The predicted octanol–water partition coefficient (Wildman–Crippen LogP) is 4.01. The Hall–Kier alpha value is -3.20. The lowest BCUT2D eigenvalue weighted by Gasteiger charge is -2.40. The van der Waals surface area contributed by atoms with Crippen molar-refractivity contribution in [1.82, 2.24) is 4.90 Å². The molecule has 2 amide bonds. The van der Waals surface area contributed by atoms with Gasteiger partial charge in [-0.05, 0) is 49.8 Å². The van der Waals surface area contributed by atoms with E-state index >= 15 is 0 Å². The van der Waals surface area contributed by atoms with Crippen LogP contribution >= 0.6 is 11.6 Å². The molecule has 3 heterocycles. The van der Waals surface area contributed by atoms with Crippen molar-refractivity contribution in [3.8, 4) is 0 Å². The molecule has 0 saturated carbocycles. The third-order valence-electron chi connectivity index (χ3n) is 9.07. The number of carbonyl (C=O) groups excluding carboxylic acids is 2. The van der Waals surface area contributed by atoms with Gasteiger partial charge in [-0.15, -0.1) is 6.58 Å². The van der Waals surface area contributed by atoms with Gasteiger partial charge in [-0.2, -0.15) is 0 Å². The number of fused-ring (bicyclic) bond motifs is 1. The molecule has 40 heavy (non-hydrogen) atoms. The van der Waals surface area contributed by atoms with E-state index in [1.54, 1.807) is 18.2 Å². The molecule has 5 rings (SSSR count). The first-order valence-corrected chi connectivity index (χ1v) is 14.1. The molecular formula is C31H35ClN2O6. The van der Waals surface area contributed by atoms with Gasteiger partial charge in [-0.3, -0.25) is 14.4 Å². The van der Waals surface area contributed by atoms with Crippen LogP contribution in [-0.2, 0) is 25.5 Å². The number of amides is 2. The topological polar surface area (TPSA) is 107 Å². The van der Waals surface area contributed by atoms with Crippen LogP contribution in [0.4, 0.5) is 5.69 Å². The van der Waals surface area contributed by atoms with Crippen LogP contribution in [0.5, 0.6) is 0 Å². The highest BCUT2D eigenvalue weighted by molar-refractivity contribution is 6.34. The summed E-state index contributed by atoms with van der Waals surface area (Å²) in [4.78, 5) is 44.7. The minimum atomic E-state index is -1.34. The van der Waals surface area contributed by atoms with Crippen LogP contribution in [0.25, 0.3) is 0 Å². The van der Waals surface area contributed by atoms with Crippen LogP contribution < -0.4 is 4.90 Å². The lowest BCUT2D eigenvalue weighted by Crippen LogP contribution is -2.59. The number of aliphatic carboxylic acids is 1. The molecule has 2 N–H and O–H groups in total. The van der Waals surface area contributed by atoms with E-state index in [9.17, 15) is 24.6 Å². The van der Waals surface area contributed by atoms with Crippen molar-refractivity contribution >= 4 is 35.1 Å². The molecular weight excluding hydrogens is 532 g/mol. The molecule has 9 heteroatoms. The Balaban J connectivity index is 1.67. The minimum absolute atomic E-state index is 0.118. The normalized spacial score (nSPS) is 29.4. The van der Waals surface area contributed by atoms with Crippen molar-refractivity contribution in [1.29, 1.82) is 0 Å². The Morgan fingerprint density at radius 3 is 2.55 bits per heavy atom. The summed E-state index contributed by atoms with van der Waals surface area (Å²) in [5.74, 6) is -4.15. The van der Waals surface area contributed by atoms with Crippen LogP contribution in [-0.4, -0.2) is 69.3 Å². The van der Waals surface area contributed by atoms with E-state index < -0.39 is 59.5 Å². The van der Waals surface area contributed by atoms with Crippen LogP contribution in [0.2, 0.25) is 5.02 Å². The van der Waals surface area contributed by atoms with Gasteiger partial charge in [0.15, 0.2) is 0 Å². The summed E-state index contributed by atoms with van der Waals surface area (Å²) >= 11 is 6.61. The Morgan fingerprint density at radius 1 is 1.23 bits per heavy atom. The van der Waals surface area contributed by atoms with Crippen molar-refractivity contribution in [3.63, 3.8) is 0 Å². The first-order valence-electron chi connectivity index (χ1n) is 13.7. The second-order valence-electron chi connectivity index (χ2n) is 11.1. The molecule has 0 radical (unpaired) electrons. The fourth-order valence-corrected chi connectivity index (χ4v) is 7.70. The number of benzene rings is 2. The van der Waals surface area contributed by atoms with Crippen molar-refractivity contribution < 1.29 is 29.3 Å². The number of halogens is 1. The second-order valence-corrected chi connectivity index (χ2v) is 11.5. The van der Waals surface area contributed by atoms with E-state index in [2.05, 4.69) is 6.58 Å². The number of aliphatic hydroxyl groups excluding tert-OH is 1. The highest BCUT2D eigenvalue weighted by Crippen LogP contribution is 2.64. The zero-order chi connectivity index (χ0) is 28.8. The molecule has 2 aromatic rings. The molecule has 3 fully saturated rings. The smallest absolute Gasteiger partial charge is 0.310 e. The molecule has 0 aromatic heterocycles. The average Bonchev–Trinajstić information content (AvgIpc) is 3.55. The van der Waals surface area contributed by atoms with E-state index in [1.165, 1.54) is 9.80 Å². The van der Waals surface area contributed by atoms with Gasteiger partial charge in [0.2, 0.25) is 5.91 Å². The monoisotopic (exact) mass is 566 g/mol. The fourth-order valence-electron chi connectivity index (χ4n) is 7.37. The number of hydrogen-bond donors (Lipinski definition) is 2. The van der Waals surface area contributed by atoms with E-state index in [0.29, 0.717) is 36.4 Å². The van der Waals surface area contributed by atoms with Gasteiger partial charge < -0.3 is 24.7 Å². The number of carbonyl (C=O) groups is 3. The van der Waals surface area contributed by atoms with Crippen LogP contribution in [0.15, 0.2) is 61.2 Å². The van der Waals surface area contributed by atoms with Crippen molar-refractivity contribution in [3.05, 3.63) is 77.3 Å². The van der Waals surface area contributed by atoms with E-state index in [1.807, 2.05) is 50.2 Å². The fraction of sp³-hybridized carbons (Fsp3) is 0.452. The van der Waals surface area contributed by atoms with Gasteiger partial charge in [0, 0.05) is 6.54 Å². The van der Waals surface area contributed by atoms with Crippen LogP contribution in [0.3, 0.4) is 0 Å². The average molecular weight is 567 g/mol. The molecule has 8 nitrogen and oxygen atoms in total. The summed E-state index contributed by atoms with van der Waals surface area (Å²) < 4.78 is 6.67. The Labute approximate surface area is 239 Å². The van der Waals surface area contributed by atoms with Gasteiger partial charge in [0.1, 0.15) is 17.6 Å². The number of ether oxygens (including phenoxy) is 1. The number of aliphatic hydroxyl groups is 1. The quantitative estimate of drug-likeness (QED) is 0.421. The SMILES string of the molecule is C=CCN(C(=O)C1N([C@@H](CO)Cc2ccccc2)C(=O)[C@@H]2[C@@H](C(=O)O)[C@@]3(CC)CCC12O3)c1c(C)cccc1Cl. The Morgan fingerprint density at radius 2 is 1.95 bits per heavy atom. The first kappa shape index (κ1) is 28.3. The second kappa shape index (κ2) is 10.7. The Kier molecular flexibility index (Phi) is 7.54. The Bertz CT molecular complexity index is 1310.